The molecule has 0 saturated heterocycles. The smallest absolute Gasteiger partial charge is 0.128 e. The molecule has 1 N–H and O–H groups in total. The highest BCUT2D eigenvalue weighted by Gasteiger charge is 2.31. The van der Waals surface area contributed by atoms with Gasteiger partial charge >= 0.3 is 0 Å². The van der Waals surface area contributed by atoms with E-state index in [2.05, 4.69) is 13.8 Å². The van der Waals surface area contributed by atoms with Crippen molar-refractivity contribution in [2.45, 2.75) is 39.2 Å². The summed E-state index contributed by atoms with van der Waals surface area (Å²) in [5.74, 6) is 3.15. The van der Waals surface area contributed by atoms with Crippen LogP contribution in [0.3, 0.4) is 0 Å². The van der Waals surface area contributed by atoms with Crippen molar-refractivity contribution in [1.29, 1.82) is 0 Å². The van der Waals surface area contributed by atoms with Crippen LogP contribution in [-0.2, 0) is 0 Å². The molecular weight excluding hydrogens is 252 g/mol. The van der Waals surface area contributed by atoms with Crippen molar-refractivity contribution in [2.24, 2.45) is 17.8 Å². The molecule has 0 bridgehead atoms. The van der Waals surface area contributed by atoms with Crippen LogP contribution in [0.15, 0.2) is 18.2 Å². The van der Waals surface area contributed by atoms with Crippen LogP contribution < -0.4 is 9.47 Å². The van der Waals surface area contributed by atoms with Gasteiger partial charge < -0.3 is 14.6 Å². The Morgan fingerprint density at radius 1 is 1.05 bits per heavy atom. The molecule has 3 atom stereocenters. The monoisotopic (exact) mass is 278 g/mol. The summed E-state index contributed by atoms with van der Waals surface area (Å²) in [5.41, 5.74) is 0.875. The minimum absolute atomic E-state index is 0.316. The van der Waals surface area contributed by atoms with Crippen molar-refractivity contribution in [3.8, 4) is 11.5 Å². The van der Waals surface area contributed by atoms with Gasteiger partial charge in [0.05, 0.1) is 20.3 Å². The molecule has 1 aliphatic rings. The molecule has 3 heteroatoms. The predicted molar refractivity (Wildman–Crippen MR) is 80.2 cm³/mol. The molecule has 2 rings (SSSR count). The zero-order valence-electron chi connectivity index (χ0n) is 12.9. The molecule has 0 amide bonds. The Hall–Kier alpha value is -1.22. The summed E-state index contributed by atoms with van der Waals surface area (Å²) < 4.78 is 10.6. The predicted octanol–water partition coefficient (Wildman–Crippen LogP) is 3.81. The highest BCUT2D eigenvalue weighted by molar-refractivity contribution is 5.42. The molecule has 0 aromatic heterocycles. The van der Waals surface area contributed by atoms with Gasteiger partial charge in [-0.2, -0.15) is 0 Å². The Kier molecular flexibility index (Phi) is 4.92. The lowest BCUT2D eigenvalue weighted by molar-refractivity contribution is 0.0534. The van der Waals surface area contributed by atoms with Gasteiger partial charge in [-0.25, -0.2) is 0 Å². The normalized spacial score (nSPS) is 27.9. The standard InChI is InChI=1S/C17H26O3/c1-11-7-12(2)9-13(8-11)17(18)15-6-5-14(19-3)10-16(15)20-4/h5-6,10-13,17-18H,7-9H2,1-4H3. The van der Waals surface area contributed by atoms with Crippen LogP contribution in [0.5, 0.6) is 11.5 Å². The third-order valence-corrected chi connectivity index (χ3v) is 4.42. The number of aliphatic hydroxyl groups is 1. The fourth-order valence-corrected chi connectivity index (χ4v) is 3.58. The van der Waals surface area contributed by atoms with Gasteiger partial charge in [0, 0.05) is 11.6 Å². The number of methoxy groups -OCH3 is 2. The van der Waals surface area contributed by atoms with Gasteiger partial charge in [0.1, 0.15) is 11.5 Å². The van der Waals surface area contributed by atoms with Crippen molar-refractivity contribution in [3.05, 3.63) is 23.8 Å². The van der Waals surface area contributed by atoms with E-state index in [4.69, 9.17) is 9.47 Å². The Bertz CT molecular complexity index is 434. The molecule has 1 fully saturated rings. The van der Waals surface area contributed by atoms with Crippen LogP contribution in [-0.4, -0.2) is 19.3 Å². The number of rotatable bonds is 4. The lowest BCUT2D eigenvalue weighted by Crippen LogP contribution is -2.25. The van der Waals surface area contributed by atoms with E-state index < -0.39 is 6.10 Å². The molecule has 20 heavy (non-hydrogen) atoms. The van der Waals surface area contributed by atoms with Gasteiger partial charge in [-0.1, -0.05) is 13.8 Å². The average Bonchev–Trinajstić information content (AvgIpc) is 2.44. The SMILES string of the molecule is COc1ccc(C(O)C2CC(C)CC(C)C2)c(OC)c1. The lowest BCUT2D eigenvalue weighted by atomic mass is 9.73. The quantitative estimate of drug-likeness (QED) is 0.910. The largest absolute Gasteiger partial charge is 0.497 e. The van der Waals surface area contributed by atoms with Gasteiger partial charge in [0.15, 0.2) is 0 Å². The first-order chi connectivity index (χ1) is 9.55. The highest BCUT2D eigenvalue weighted by Crippen LogP contribution is 2.42. The maximum atomic E-state index is 10.7. The van der Waals surface area contributed by atoms with Crippen LogP contribution in [0, 0.1) is 17.8 Å². The number of aliphatic hydroxyl groups excluding tert-OH is 1. The summed E-state index contributed by atoms with van der Waals surface area (Å²) in [4.78, 5) is 0. The molecule has 112 valence electrons. The molecule has 0 aliphatic heterocycles. The van der Waals surface area contributed by atoms with E-state index in [1.165, 1.54) is 6.42 Å². The molecule has 0 spiro atoms. The molecule has 0 radical (unpaired) electrons. The number of hydrogen-bond donors (Lipinski definition) is 1. The first-order valence-corrected chi connectivity index (χ1v) is 7.45. The second-order valence-corrected chi connectivity index (χ2v) is 6.23. The summed E-state index contributed by atoms with van der Waals surface area (Å²) in [6, 6.07) is 5.65. The lowest BCUT2D eigenvalue weighted by Gasteiger charge is -2.34. The maximum absolute atomic E-state index is 10.7. The molecule has 1 aromatic carbocycles. The summed E-state index contributed by atoms with van der Waals surface area (Å²) in [6.45, 7) is 4.56. The Morgan fingerprint density at radius 2 is 1.70 bits per heavy atom. The summed E-state index contributed by atoms with van der Waals surface area (Å²) >= 11 is 0. The summed E-state index contributed by atoms with van der Waals surface area (Å²) in [5, 5.41) is 10.7. The first-order valence-electron chi connectivity index (χ1n) is 7.45. The van der Waals surface area contributed by atoms with Gasteiger partial charge in [-0.3, -0.25) is 0 Å². The van der Waals surface area contributed by atoms with Crippen LogP contribution in [0.2, 0.25) is 0 Å². The van der Waals surface area contributed by atoms with Crippen LogP contribution in [0.1, 0.15) is 44.8 Å². The van der Waals surface area contributed by atoms with Crippen LogP contribution in [0.25, 0.3) is 0 Å². The zero-order chi connectivity index (χ0) is 14.7. The summed E-state index contributed by atoms with van der Waals surface area (Å²) in [7, 11) is 3.27. The number of benzene rings is 1. The zero-order valence-corrected chi connectivity index (χ0v) is 12.9. The second-order valence-electron chi connectivity index (χ2n) is 6.23. The molecule has 1 aromatic rings. The molecule has 3 nitrogen and oxygen atoms in total. The first kappa shape index (κ1) is 15.2. The minimum atomic E-state index is -0.457. The van der Waals surface area contributed by atoms with Gasteiger partial charge in [0.25, 0.3) is 0 Å². The van der Waals surface area contributed by atoms with E-state index in [0.717, 1.165) is 24.2 Å². The Labute approximate surface area is 121 Å². The minimum Gasteiger partial charge on any atom is -0.497 e. The van der Waals surface area contributed by atoms with Gasteiger partial charge in [-0.15, -0.1) is 0 Å². The fraction of sp³-hybridized carbons (Fsp3) is 0.647. The highest BCUT2D eigenvalue weighted by atomic mass is 16.5. The summed E-state index contributed by atoms with van der Waals surface area (Å²) in [6.07, 6.45) is 2.98. The topological polar surface area (TPSA) is 38.7 Å². The Morgan fingerprint density at radius 3 is 2.25 bits per heavy atom. The van der Waals surface area contributed by atoms with Crippen molar-refractivity contribution in [2.75, 3.05) is 14.2 Å². The van der Waals surface area contributed by atoms with Crippen molar-refractivity contribution < 1.29 is 14.6 Å². The van der Waals surface area contributed by atoms with Crippen molar-refractivity contribution >= 4 is 0 Å². The van der Waals surface area contributed by atoms with Crippen molar-refractivity contribution in [3.63, 3.8) is 0 Å². The van der Waals surface area contributed by atoms with Gasteiger partial charge in [-0.05, 0) is 49.1 Å². The molecule has 1 aliphatic carbocycles. The maximum Gasteiger partial charge on any atom is 0.128 e. The van der Waals surface area contributed by atoms with Gasteiger partial charge in [0.2, 0.25) is 0 Å². The van der Waals surface area contributed by atoms with Crippen LogP contribution >= 0.6 is 0 Å². The van der Waals surface area contributed by atoms with E-state index in [-0.39, 0.29) is 0 Å². The van der Waals surface area contributed by atoms with E-state index >= 15 is 0 Å². The fourth-order valence-electron chi connectivity index (χ4n) is 3.58. The second kappa shape index (κ2) is 6.49. The third kappa shape index (κ3) is 3.26. The van der Waals surface area contributed by atoms with Crippen LogP contribution in [0.4, 0.5) is 0 Å². The molecule has 3 unspecified atom stereocenters. The van der Waals surface area contributed by atoms with Crippen molar-refractivity contribution in [1.82, 2.24) is 0 Å². The molecule has 1 saturated carbocycles. The van der Waals surface area contributed by atoms with E-state index in [9.17, 15) is 5.11 Å². The van der Waals surface area contributed by atoms with E-state index in [1.807, 2.05) is 18.2 Å². The number of hydrogen-bond acceptors (Lipinski definition) is 3. The Balaban J connectivity index is 2.21. The van der Waals surface area contributed by atoms with E-state index in [1.54, 1.807) is 14.2 Å². The molecular formula is C17H26O3. The van der Waals surface area contributed by atoms with E-state index in [0.29, 0.717) is 23.5 Å². The average molecular weight is 278 g/mol. The number of ether oxygens (including phenoxy) is 2. The third-order valence-electron chi connectivity index (χ3n) is 4.42. The molecule has 0 heterocycles.